The number of hydrogen-bond acceptors (Lipinski definition) is 2. The fourth-order valence-corrected chi connectivity index (χ4v) is 1.76. The van der Waals surface area contributed by atoms with Crippen LogP contribution in [-0.2, 0) is 6.61 Å². The van der Waals surface area contributed by atoms with Crippen LogP contribution in [0.15, 0.2) is 36.4 Å². The maximum atomic E-state index is 13.0. The fourth-order valence-electron chi connectivity index (χ4n) is 1.59. The summed E-state index contributed by atoms with van der Waals surface area (Å²) >= 11 is 5.67. The highest BCUT2D eigenvalue weighted by molar-refractivity contribution is 6.30. The standard InChI is InChI=1S/C14H12ClFO2/c1-9-6-11(3-2-10(9)8-17)18-12-4-5-14(16)13(15)7-12/h2-7,17H,8H2,1H3. The van der Waals surface area contributed by atoms with E-state index in [0.717, 1.165) is 11.1 Å². The number of rotatable bonds is 3. The molecular formula is C14H12ClFO2. The van der Waals surface area contributed by atoms with Crippen LogP contribution in [0.5, 0.6) is 11.5 Å². The van der Waals surface area contributed by atoms with Crippen molar-refractivity contribution in [1.82, 2.24) is 0 Å². The van der Waals surface area contributed by atoms with Crippen molar-refractivity contribution in [3.8, 4) is 11.5 Å². The Morgan fingerprint density at radius 2 is 1.83 bits per heavy atom. The average Bonchev–Trinajstić information content (AvgIpc) is 2.34. The minimum absolute atomic E-state index is 0.00547. The van der Waals surface area contributed by atoms with E-state index in [1.165, 1.54) is 18.2 Å². The third-order valence-electron chi connectivity index (χ3n) is 2.61. The molecule has 0 aliphatic rings. The molecule has 2 aromatic rings. The summed E-state index contributed by atoms with van der Waals surface area (Å²) in [4.78, 5) is 0. The minimum Gasteiger partial charge on any atom is -0.457 e. The van der Waals surface area contributed by atoms with Gasteiger partial charge in [0.05, 0.1) is 11.6 Å². The lowest BCUT2D eigenvalue weighted by atomic mass is 10.1. The van der Waals surface area contributed by atoms with Crippen LogP contribution in [0.3, 0.4) is 0 Å². The van der Waals surface area contributed by atoms with Crippen LogP contribution in [0.2, 0.25) is 5.02 Å². The summed E-state index contributed by atoms with van der Waals surface area (Å²) in [5, 5.41) is 9.09. The highest BCUT2D eigenvalue weighted by atomic mass is 35.5. The summed E-state index contributed by atoms with van der Waals surface area (Å²) in [6.45, 7) is 1.88. The lowest BCUT2D eigenvalue weighted by Gasteiger charge is -2.09. The second-order valence-corrected chi connectivity index (χ2v) is 4.33. The Hall–Kier alpha value is -1.58. The van der Waals surface area contributed by atoms with Gasteiger partial charge >= 0.3 is 0 Å². The quantitative estimate of drug-likeness (QED) is 0.907. The van der Waals surface area contributed by atoms with Gasteiger partial charge in [-0.1, -0.05) is 17.7 Å². The molecule has 0 fully saturated rings. The average molecular weight is 267 g/mol. The van der Waals surface area contributed by atoms with Crippen molar-refractivity contribution in [3.05, 3.63) is 58.4 Å². The van der Waals surface area contributed by atoms with Gasteiger partial charge in [-0.2, -0.15) is 0 Å². The largest absolute Gasteiger partial charge is 0.457 e. The van der Waals surface area contributed by atoms with Crippen molar-refractivity contribution in [1.29, 1.82) is 0 Å². The molecule has 2 aromatic carbocycles. The molecule has 0 aliphatic carbocycles. The van der Waals surface area contributed by atoms with Gasteiger partial charge in [-0.15, -0.1) is 0 Å². The monoisotopic (exact) mass is 266 g/mol. The third kappa shape index (κ3) is 2.81. The molecular weight excluding hydrogens is 255 g/mol. The maximum absolute atomic E-state index is 13.0. The fraction of sp³-hybridized carbons (Fsp3) is 0.143. The van der Waals surface area contributed by atoms with E-state index < -0.39 is 5.82 Å². The molecule has 1 N–H and O–H groups in total. The number of aryl methyl sites for hydroxylation is 1. The third-order valence-corrected chi connectivity index (χ3v) is 2.90. The minimum atomic E-state index is -0.476. The Bertz CT molecular complexity index is 570. The molecule has 0 aromatic heterocycles. The van der Waals surface area contributed by atoms with Gasteiger partial charge in [0.15, 0.2) is 0 Å². The first kappa shape index (κ1) is 12.9. The van der Waals surface area contributed by atoms with Crippen LogP contribution in [-0.4, -0.2) is 5.11 Å². The zero-order valence-electron chi connectivity index (χ0n) is 9.78. The topological polar surface area (TPSA) is 29.5 Å². The molecule has 94 valence electrons. The van der Waals surface area contributed by atoms with Gasteiger partial charge < -0.3 is 9.84 Å². The van der Waals surface area contributed by atoms with Gasteiger partial charge in [0.25, 0.3) is 0 Å². The van der Waals surface area contributed by atoms with Gasteiger partial charge in [-0.3, -0.25) is 0 Å². The number of hydrogen-bond donors (Lipinski definition) is 1. The van der Waals surface area contributed by atoms with Gasteiger partial charge in [0, 0.05) is 6.07 Å². The summed E-state index contributed by atoms with van der Waals surface area (Å²) < 4.78 is 18.5. The van der Waals surface area contributed by atoms with Crippen LogP contribution in [0.4, 0.5) is 4.39 Å². The van der Waals surface area contributed by atoms with Crippen LogP contribution >= 0.6 is 11.6 Å². The molecule has 0 aliphatic heterocycles. The lowest BCUT2D eigenvalue weighted by molar-refractivity contribution is 0.281. The molecule has 0 radical (unpaired) electrons. The summed E-state index contributed by atoms with van der Waals surface area (Å²) in [6.07, 6.45) is 0. The summed E-state index contributed by atoms with van der Waals surface area (Å²) in [5.41, 5.74) is 1.78. The molecule has 4 heteroatoms. The normalized spacial score (nSPS) is 10.4. The molecule has 0 saturated carbocycles. The first-order chi connectivity index (χ1) is 8.60. The molecule has 0 bridgehead atoms. The molecule has 0 unspecified atom stereocenters. The van der Waals surface area contributed by atoms with Gasteiger partial charge in [-0.05, 0) is 42.3 Å². The number of aliphatic hydroxyl groups is 1. The molecule has 0 spiro atoms. The Labute approximate surface area is 110 Å². The zero-order valence-corrected chi connectivity index (χ0v) is 10.5. The molecule has 2 rings (SSSR count). The van der Waals surface area contributed by atoms with Crippen molar-refractivity contribution in [2.24, 2.45) is 0 Å². The van der Waals surface area contributed by atoms with Crippen LogP contribution in [0.1, 0.15) is 11.1 Å². The first-order valence-corrected chi connectivity index (χ1v) is 5.81. The van der Waals surface area contributed by atoms with E-state index in [2.05, 4.69) is 0 Å². The second kappa shape index (κ2) is 5.38. The summed E-state index contributed by atoms with van der Waals surface area (Å²) in [5.74, 6) is 0.612. The predicted molar refractivity (Wildman–Crippen MR) is 68.6 cm³/mol. The van der Waals surface area contributed by atoms with E-state index in [1.54, 1.807) is 12.1 Å². The molecule has 0 saturated heterocycles. The van der Waals surface area contributed by atoms with Crippen molar-refractivity contribution in [2.45, 2.75) is 13.5 Å². The van der Waals surface area contributed by atoms with Gasteiger partial charge in [0.1, 0.15) is 17.3 Å². The number of benzene rings is 2. The van der Waals surface area contributed by atoms with Crippen molar-refractivity contribution >= 4 is 11.6 Å². The first-order valence-electron chi connectivity index (χ1n) is 5.43. The van der Waals surface area contributed by atoms with E-state index in [-0.39, 0.29) is 11.6 Å². The zero-order chi connectivity index (χ0) is 13.1. The van der Waals surface area contributed by atoms with Gasteiger partial charge in [-0.25, -0.2) is 4.39 Å². The van der Waals surface area contributed by atoms with Gasteiger partial charge in [0.2, 0.25) is 0 Å². The van der Waals surface area contributed by atoms with Crippen LogP contribution in [0, 0.1) is 12.7 Å². The lowest BCUT2D eigenvalue weighted by Crippen LogP contribution is -1.91. The van der Waals surface area contributed by atoms with E-state index in [1.807, 2.05) is 13.0 Å². The maximum Gasteiger partial charge on any atom is 0.142 e. The molecule has 2 nitrogen and oxygen atoms in total. The Kier molecular flexibility index (Phi) is 3.84. The van der Waals surface area contributed by atoms with Crippen LogP contribution in [0.25, 0.3) is 0 Å². The Balaban J connectivity index is 2.23. The second-order valence-electron chi connectivity index (χ2n) is 3.92. The highest BCUT2D eigenvalue weighted by Crippen LogP contribution is 2.27. The molecule has 0 heterocycles. The van der Waals surface area contributed by atoms with Crippen molar-refractivity contribution in [2.75, 3.05) is 0 Å². The number of aliphatic hydroxyl groups excluding tert-OH is 1. The summed E-state index contributed by atoms with van der Waals surface area (Å²) in [7, 11) is 0. The van der Waals surface area contributed by atoms with E-state index >= 15 is 0 Å². The predicted octanol–water partition coefficient (Wildman–Crippen LogP) is 4.07. The summed E-state index contributed by atoms with van der Waals surface area (Å²) in [6, 6.07) is 9.53. The number of ether oxygens (including phenoxy) is 1. The molecule has 0 atom stereocenters. The Morgan fingerprint density at radius 3 is 2.44 bits per heavy atom. The van der Waals surface area contributed by atoms with Crippen molar-refractivity contribution < 1.29 is 14.2 Å². The molecule has 18 heavy (non-hydrogen) atoms. The smallest absolute Gasteiger partial charge is 0.142 e. The van der Waals surface area contributed by atoms with E-state index in [9.17, 15) is 4.39 Å². The number of halogens is 2. The van der Waals surface area contributed by atoms with Crippen molar-refractivity contribution in [3.63, 3.8) is 0 Å². The Morgan fingerprint density at radius 1 is 1.17 bits per heavy atom. The highest BCUT2D eigenvalue weighted by Gasteiger charge is 2.04. The SMILES string of the molecule is Cc1cc(Oc2ccc(F)c(Cl)c2)ccc1CO. The molecule has 0 amide bonds. The van der Waals surface area contributed by atoms with E-state index in [0.29, 0.717) is 11.5 Å². The van der Waals surface area contributed by atoms with E-state index in [4.69, 9.17) is 21.4 Å². The van der Waals surface area contributed by atoms with Crippen LogP contribution < -0.4 is 4.74 Å².